The molecule has 4 rings (SSSR count). The molecule has 1 nitrogen and oxygen atoms in total. The Balaban J connectivity index is 1.74. The first-order chi connectivity index (χ1) is 11.0. The van der Waals surface area contributed by atoms with E-state index in [0.717, 1.165) is 36.5 Å². The zero-order valence-corrected chi connectivity index (χ0v) is 15.1. The van der Waals surface area contributed by atoms with Gasteiger partial charge in [0.05, 0.1) is 6.10 Å². The second-order valence-corrected chi connectivity index (χ2v) is 9.46. The Bertz CT molecular complexity index is 520. The van der Waals surface area contributed by atoms with Crippen molar-refractivity contribution in [2.45, 2.75) is 77.7 Å². The molecular weight excluding hydrogens is 280 g/mol. The van der Waals surface area contributed by atoms with Crippen molar-refractivity contribution in [3.8, 4) is 0 Å². The Kier molecular flexibility index (Phi) is 3.80. The molecule has 0 aromatic rings. The van der Waals surface area contributed by atoms with E-state index < -0.39 is 0 Å². The van der Waals surface area contributed by atoms with Crippen molar-refractivity contribution >= 4 is 0 Å². The van der Waals surface area contributed by atoms with E-state index in [9.17, 15) is 5.11 Å². The number of hydrogen-bond donors (Lipinski definition) is 1. The minimum atomic E-state index is -0.0612. The summed E-state index contributed by atoms with van der Waals surface area (Å²) in [6.07, 6.45) is 16.1. The maximum absolute atomic E-state index is 10.7. The highest BCUT2D eigenvalue weighted by molar-refractivity contribution is 5.25. The molecule has 1 heteroatoms. The first kappa shape index (κ1) is 15.9. The standard InChI is InChI=1S/C22H34O/c1-4-7-15-14-16-8-5-6-12-21(16,2)18-11-13-22(3)17(20(15)18)9-10-19(22)23/h4,8,15,17-20,23H,1,5-7,9-14H2,2-3H3/t15-,17+,18+,19+,20+,21+,22+/m1/s1. The zero-order chi connectivity index (χ0) is 16.2. The summed E-state index contributed by atoms with van der Waals surface area (Å²) in [6.45, 7) is 9.03. The number of rotatable bonds is 2. The van der Waals surface area contributed by atoms with Crippen LogP contribution in [-0.2, 0) is 0 Å². The SMILES string of the molecule is C=CC[C@@H]1CC2=CCCC[C@]2(C)[C@H]2CC[C@]3(C)[C@@H](O)CC[C@H]3[C@H]12. The van der Waals surface area contributed by atoms with Crippen molar-refractivity contribution in [3.63, 3.8) is 0 Å². The molecule has 7 atom stereocenters. The van der Waals surface area contributed by atoms with E-state index >= 15 is 0 Å². The van der Waals surface area contributed by atoms with E-state index in [-0.39, 0.29) is 11.5 Å². The number of allylic oxidation sites excluding steroid dienone is 3. The maximum atomic E-state index is 10.7. The Hall–Kier alpha value is -0.560. The van der Waals surface area contributed by atoms with Gasteiger partial charge < -0.3 is 5.11 Å². The van der Waals surface area contributed by atoms with Crippen molar-refractivity contribution < 1.29 is 5.11 Å². The third kappa shape index (κ3) is 2.15. The van der Waals surface area contributed by atoms with Crippen molar-refractivity contribution in [2.75, 3.05) is 0 Å². The van der Waals surface area contributed by atoms with Gasteiger partial charge in [0.25, 0.3) is 0 Å². The van der Waals surface area contributed by atoms with Crippen LogP contribution in [0.1, 0.15) is 71.6 Å². The van der Waals surface area contributed by atoms with Crippen LogP contribution in [0.5, 0.6) is 0 Å². The largest absolute Gasteiger partial charge is 0.393 e. The minimum absolute atomic E-state index is 0.0612. The van der Waals surface area contributed by atoms with Crippen LogP contribution in [0.15, 0.2) is 24.3 Å². The summed E-state index contributed by atoms with van der Waals surface area (Å²) >= 11 is 0. The maximum Gasteiger partial charge on any atom is 0.0596 e. The van der Waals surface area contributed by atoms with Crippen LogP contribution in [0.2, 0.25) is 0 Å². The topological polar surface area (TPSA) is 20.2 Å². The normalized spacial score (nSPS) is 52.1. The fourth-order valence-corrected chi connectivity index (χ4v) is 7.32. The third-order valence-electron chi connectivity index (χ3n) is 8.62. The molecule has 4 aliphatic rings. The van der Waals surface area contributed by atoms with Crippen LogP contribution in [-0.4, -0.2) is 11.2 Å². The van der Waals surface area contributed by atoms with Gasteiger partial charge in [-0.2, -0.15) is 0 Å². The average molecular weight is 315 g/mol. The quantitative estimate of drug-likeness (QED) is 0.667. The lowest BCUT2D eigenvalue weighted by molar-refractivity contribution is -0.0947. The smallest absolute Gasteiger partial charge is 0.0596 e. The Labute approximate surface area is 142 Å². The highest BCUT2D eigenvalue weighted by Crippen LogP contribution is 2.67. The van der Waals surface area contributed by atoms with Gasteiger partial charge in [0.2, 0.25) is 0 Å². The fraction of sp³-hybridized carbons (Fsp3) is 0.818. The molecule has 23 heavy (non-hydrogen) atoms. The molecule has 0 unspecified atom stereocenters. The van der Waals surface area contributed by atoms with Gasteiger partial charge in [-0.3, -0.25) is 0 Å². The molecule has 0 spiro atoms. The molecule has 0 aromatic carbocycles. The average Bonchev–Trinajstić information content (AvgIpc) is 2.83. The highest BCUT2D eigenvalue weighted by atomic mass is 16.3. The lowest BCUT2D eigenvalue weighted by Crippen LogP contribution is -2.53. The zero-order valence-electron chi connectivity index (χ0n) is 15.1. The molecule has 0 heterocycles. The van der Waals surface area contributed by atoms with Gasteiger partial charge >= 0.3 is 0 Å². The second kappa shape index (κ2) is 5.48. The van der Waals surface area contributed by atoms with Crippen LogP contribution in [0.4, 0.5) is 0 Å². The molecule has 0 radical (unpaired) electrons. The number of hydrogen-bond acceptors (Lipinski definition) is 1. The van der Waals surface area contributed by atoms with Crippen LogP contribution < -0.4 is 0 Å². The molecule has 0 saturated heterocycles. The lowest BCUT2D eigenvalue weighted by Gasteiger charge is -2.60. The van der Waals surface area contributed by atoms with E-state index in [2.05, 4.69) is 32.6 Å². The van der Waals surface area contributed by atoms with Crippen molar-refractivity contribution in [2.24, 2.45) is 34.5 Å². The molecule has 0 amide bonds. The molecule has 0 bridgehead atoms. The van der Waals surface area contributed by atoms with Crippen LogP contribution in [0, 0.1) is 34.5 Å². The second-order valence-electron chi connectivity index (χ2n) is 9.46. The molecule has 0 aromatic heterocycles. The highest BCUT2D eigenvalue weighted by Gasteiger charge is 2.60. The number of fused-ring (bicyclic) bond motifs is 5. The van der Waals surface area contributed by atoms with Crippen LogP contribution in [0.3, 0.4) is 0 Å². The Morgan fingerprint density at radius 1 is 1.22 bits per heavy atom. The summed E-state index contributed by atoms with van der Waals surface area (Å²) < 4.78 is 0. The Morgan fingerprint density at radius 3 is 2.83 bits per heavy atom. The van der Waals surface area contributed by atoms with E-state index in [1.54, 1.807) is 5.57 Å². The van der Waals surface area contributed by atoms with Gasteiger partial charge in [-0.15, -0.1) is 6.58 Å². The van der Waals surface area contributed by atoms with Crippen molar-refractivity contribution in [3.05, 3.63) is 24.3 Å². The lowest BCUT2D eigenvalue weighted by atomic mass is 9.44. The van der Waals surface area contributed by atoms with Gasteiger partial charge in [-0.25, -0.2) is 0 Å². The van der Waals surface area contributed by atoms with Crippen LogP contribution in [0.25, 0.3) is 0 Å². The molecule has 0 aliphatic heterocycles. The summed E-state index contributed by atoms with van der Waals surface area (Å²) in [4.78, 5) is 0. The fourth-order valence-electron chi connectivity index (χ4n) is 7.32. The molecular formula is C22H34O. The predicted molar refractivity (Wildman–Crippen MR) is 96.0 cm³/mol. The predicted octanol–water partition coefficient (Wildman–Crippen LogP) is 5.50. The molecule has 4 aliphatic carbocycles. The van der Waals surface area contributed by atoms with Crippen LogP contribution >= 0.6 is 0 Å². The summed E-state index contributed by atoms with van der Waals surface area (Å²) in [6, 6.07) is 0. The van der Waals surface area contributed by atoms with Crippen molar-refractivity contribution in [1.82, 2.24) is 0 Å². The summed E-state index contributed by atoms with van der Waals surface area (Å²) in [5, 5.41) is 10.7. The van der Waals surface area contributed by atoms with Gasteiger partial charge in [-0.05, 0) is 92.3 Å². The monoisotopic (exact) mass is 314 g/mol. The van der Waals surface area contributed by atoms with E-state index in [1.165, 1.54) is 44.9 Å². The summed E-state index contributed by atoms with van der Waals surface area (Å²) in [5.41, 5.74) is 2.42. The molecule has 128 valence electrons. The minimum Gasteiger partial charge on any atom is -0.393 e. The first-order valence-corrected chi connectivity index (χ1v) is 9.99. The van der Waals surface area contributed by atoms with Gasteiger partial charge in [0, 0.05) is 0 Å². The van der Waals surface area contributed by atoms with Gasteiger partial charge in [-0.1, -0.05) is 31.6 Å². The number of aliphatic hydroxyl groups is 1. The van der Waals surface area contributed by atoms with Gasteiger partial charge in [0.1, 0.15) is 0 Å². The van der Waals surface area contributed by atoms with Gasteiger partial charge in [0.15, 0.2) is 0 Å². The summed E-state index contributed by atoms with van der Waals surface area (Å²) in [7, 11) is 0. The first-order valence-electron chi connectivity index (χ1n) is 9.99. The van der Waals surface area contributed by atoms with E-state index in [1.807, 2.05) is 0 Å². The molecule has 3 saturated carbocycles. The summed E-state index contributed by atoms with van der Waals surface area (Å²) in [5.74, 6) is 3.16. The van der Waals surface area contributed by atoms with E-state index in [0.29, 0.717) is 5.41 Å². The third-order valence-corrected chi connectivity index (χ3v) is 8.62. The van der Waals surface area contributed by atoms with Crippen molar-refractivity contribution in [1.29, 1.82) is 0 Å². The van der Waals surface area contributed by atoms with E-state index in [4.69, 9.17) is 0 Å². The molecule has 3 fully saturated rings. The Morgan fingerprint density at radius 2 is 2.04 bits per heavy atom. The molecule has 1 N–H and O–H groups in total. The number of aliphatic hydroxyl groups excluding tert-OH is 1.